The molecule has 0 amide bonds. The second kappa shape index (κ2) is 9.51. The van der Waals surface area contributed by atoms with Gasteiger partial charge < -0.3 is 4.74 Å². The van der Waals surface area contributed by atoms with E-state index in [0.717, 1.165) is 43.9 Å². The van der Waals surface area contributed by atoms with Gasteiger partial charge in [-0.05, 0) is 56.3 Å². The molecule has 2 aliphatic rings. The summed E-state index contributed by atoms with van der Waals surface area (Å²) in [6.07, 6.45) is 19.5. The molecule has 2 heteroatoms. The maximum atomic E-state index is 10.5. The van der Waals surface area contributed by atoms with Crippen LogP contribution in [0, 0.1) is 42.4 Å². The zero-order chi connectivity index (χ0) is 15.7. The van der Waals surface area contributed by atoms with Crippen molar-refractivity contribution >= 4 is 5.97 Å². The zero-order valence-electron chi connectivity index (χ0n) is 13.4. The fourth-order valence-electron chi connectivity index (χ4n) is 2.62. The summed E-state index contributed by atoms with van der Waals surface area (Å²) in [6, 6.07) is 0. The van der Waals surface area contributed by atoms with Crippen LogP contribution in [0.4, 0.5) is 0 Å². The molecular formula is C19H28O2. The number of esters is 1. The summed E-state index contributed by atoms with van der Waals surface area (Å²) >= 11 is 0. The summed E-state index contributed by atoms with van der Waals surface area (Å²) in [7, 11) is 0. The molecule has 2 aliphatic carbocycles. The standard InChI is InChI=1S/C10H14O2.C9H14/c1-3-4-5-6-9-7-10(9)12-8(2)11;1-3-4-5-6-9-7-8(9)2/h1,9-10H,4-7H2,2H3;1,8-9H,4-7H2,2H3/t;8-,9-/m.1/s1. The molecule has 2 nitrogen and oxygen atoms in total. The van der Waals surface area contributed by atoms with Crippen molar-refractivity contribution in [3.05, 3.63) is 0 Å². The van der Waals surface area contributed by atoms with Crippen molar-refractivity contribution in [3.8, 4) is 24.7 Å². The first-order valence-corrected chi connectivity index (χ1v) is 8.12. The average Bonchev–Trinajstić information content (AvgIpc) is 3.31. The molecule has 0 bridgehead atoms. The number of carbonyl (C=O) groups excluding carboxylic acids is 1. The Bertz CT molecular complexity index is 399. The van der Waals surface area contributed by atoms with Crippen LogP contribution in [-0.4, -0.2) is 12.1 Å². The van der Waals surface area contributed by atoms with Gasteiger partial charge in [0.25, 0.3) is 0 Å². The largest absolute Gasteiger partial charge is 0.462 e. The maximum absolute atomic E-state index is 10.5. The average molecular weight is 288 g/mol. The Morgan fingerprint density at radius 3 is 2.05 bits per heavy atom. The van der Waals surface area contributed by atoms with Crippen molar-refractivity contribution in [2.45, 2.75) is 71.3 Å². The molecule has 4 atom stereocenters. The summed E-state index contributed by atoms with van der Waals surface area (Å²) in [5.74, 6) is 7.71. The summed E-state index contributed by atoms with van der Waals surface area (Å²) in [5.41, 5.74) is 0. The van der Waals surface area contributed by atoms with Crippen molar-refractivity contribution in [2.75, 3.05) is 0 Å². The number of hydrogen-bond acceptors (Lipinski definition) is 2. The molecule has 0 heterocycles. The zero-order valence-corrected chi connectivity index (χ0v) is 13.4. The van der Waals surface area contributed by atoms with E-state index in [-0.39, 0.29) is 12.1 Å². The SMILES string of the molecule is C#CCCCC1CC1OC(C)=O.C#CCCC[C@@H]1C[C@H]1C. The van der Waals surface area contributed by atoms with Gasteiger partial charge in [0.2, 0.25) is 0 Å². The van der Waals surface area contributed by atoms with Crippen molar-refractivity contribution in [1.29, 1.82) is 0 Å². The first-order chi connectivity index (χ1) is 10.1. The van der Waals surface area contributed by atoms with Gasteiger partial charge in [-0.1, -0.05) is 6.92 Å². The summed E-state index contributed by atoms with van der Waals surface area (Å²) < 4.78 is 5.01. The van der Waals surface area contributed by atoms with Crippen molar-refractivity contribution < 1.29 is 9.53 Å². The molecular weight excluding hydrogens is 260 g/mol. The topological polar surface area (TPSA) is 26.3 Å². The van der Waals surface area contributed by atoms with E-state index < -0.39 is 0 Å². The number of ether oxygens (including phenoxy) is 1. The minimum Gasteiger partial charge on any atom is -0.462 e. The molecule has 0 spiro atoms. The Kier molecular flexibility index (Phi) is 7.99. The third-order valence-corrected chi connectivity index (χ3v) is 4.24. The smallest absolute Gasteiger partial charge is 0.302 e. The van der Waals surface area contributed by atoms with Crippen LogP contribution in [0.1, 0.15) is 65.2 Å². The van der Waals surface area contributed by atoms with E-state index in [4.69, 9.17) is 17.6 Å². The molecule has 0 aromatic rings. The lowest BCUT2D eigenvalue weighted by Crippen LogP contribution is -2.02. The summed E-state index contributed by atoms with van der Waals surface area (Å²) in [5, 5.41) is 0. The van der Waals surface area contributed by atoms with Crippen LogP contribution >= 0.6 is 0 Å². The fourth-order valence-corrected chi connectivity index (χ4v) is 2.62. The number of hydrogen-bond donors (Lipinski definition) is 0. The molecule has 0 radical (unpaired) electrons. The summed E-state index contributed by atoms with van der Waals surface area (Å²) in [6.45, 7) is 3.78. The molecule has 0 N–H and O–H groups in total. The first kappa shape index (κ1) is 17.6. The van der Waals surface area contributed by atoms with E-state index in [1.807, 2.05) is 0 Å². The predicted molar refractivity (Wildman–Crippen MR) is 86.3 cm³/mol. The number of unbranched alkanes of at least 4 members (excludes halogenated alkanes) is 2. The van der Waals surface area contributed by atoms with Crippen LogP contribution in [0.25, 0.3) is 0 Å². The van der Waals surface area contributed by atoms with Gasteiger partial charge in [0.05, 0.1) is 0 Å². The highest BCUT2D eigenvalue weighted by Gasteiger charge is 2.39. The van der Waals surface area contributed by atoms with E-state index in [2.05, 4.69) is 18.8 Å². The van der Waals surface area contributed by atoms with Gasteiger partial charge in [0, 0.05) is 19.8 Å². The van der Waals surface area contributed by atoms with E-state index >= 15 is 0 Å². The van der Waals surface area contributed by atoms with E-state index in [0.29, 0.717) is 5.92 Å². The lowest BCUT2D eigenvalue weighted by Gasteiger charge is -1.98. The molecule has 0 aliphatic heterocycles. The second-order valence-electron chi connectivity index (χ2n) is 6.31. The molecule has 0 aromatic heterocycles. The molecule has 21 heavy (non-hydrogen) atoms. The number of terminal acetylenes is 2. The molecule has 116 valence electrons. The van der Waals surface area contributed by atoms with Gasteiger partial charge in [-0.3, -0.25) is 4.79 Å². The Morgan fingerprint density at radius 2 is 1.62 bits per heavy atom. The normalized spacial score (nSPS) is 28.4. The molecule has 2 fully saturated rings. The Labute approximate surface area is 130 Å². The molecule has 2 saturated carbocycles. The van der Waals surface area contributed by atoms with Gasteiger partial charge in [-0.15, -0.1) is 24.7 Å². The van der Waals surface area contributed by atoms with Crippen LogP contribution in [0.15, 0.2) is 0 Å². The van der Waals surface area contributed by atoms with Crippen LogP contribution < -0.4 is 0 Å². The lowest BCUT2D eigenvalue weighted by molar-refractivity contribution is -0.142. The minimum atomic E-state index is -0.167. The van der Waals surface area contributed by atoms with Gasteiger partial charge in [-0.25, -0.2) is 0 Å². The van der Waals surface area contributed by atoms with Gasteiger partial charge in [0.15, 0.2) is 0 Å². The van der Waals surface area contributed by atoms with Crippen molar-refractivity contribution in [3.63, 3.8) is 0 Å². The van der Waals surface area contributed by atoms with E-state index in [1.165, 1.54) is 26.2 Å². The quantitative estimate of drug-likeness (QED) is 0.399. The Hall–Kier alpha value is -1.41. The monoisotopic (exact) mass is 288 g/mol. The minimum absolute atomic E-state index is 0.167. The van der Waals surface area contributed by atoms with Crippen molar-refractivity contribution in [1.82, 2.24) is 0 Å². The van der Waals surface area contributed by atoms with Crippen LogP contribution in [0.2, 0.25) is 0 Å². The third kappa shape index (κ3) is 8.46. The summed E-state index contributed by atoms with van der Waals surface area (Å²) in [4.78, 5) is 10.5. The molecule has 0 aromatic carbocycles. The van der Waals surface area contributed by atoms with Gasteiger partial charge in [0.1, 0.15) is 6.10 Å². The molecule has 0 saturated heterocycles. The highest BCUT2D eigenvalue weighted by atomic mass is 16.5. The maximum Gasteiger partial charge on any atom is 0.302 e. The third-order valence-electron chi connectivity index (χ3n) is 4.24. The Balaban J connectivity index is 0.000000219. The van der Waals surface area contributed by atoms with Crippen LogP contribution in [0.5, 0.6) is 0 Å². The predicted octanol–water partition coefficient (Wildman–Crippen LogP) is 4.19. The van der Waals surface area contributed by atoms with Gasteiger partial charge >= 0.3 is 5.97 Å². The molecule has 2 unspecified atom stereocenters. The molecule has 2 rings (SSSR count). The van der Waals surface area contributed by atoms with Gasteiger partial charge in [-0.2, -0.15) is 0 Å². The fraction of sp³-hybridized carbons (Fsp3) is 0.737. The van der Waals surface area contributed by atoms with Crippen LogP contribution in [0.3, 0.4) is 0 Å². The highest BCUT2D eigenvalue weighted by molar-refractivity contribution is 5.66. The number of carbonyl (C=O) groups is 1. The highest BCUT2D eigenvalue weighted by Crippen LogP contribution is 2.41. The van der Waals surface area contributed by atoms with E-state index in [9.17, 15) is 4.79 Å². The first-order valence-electron chi connectivity index (χ1n) is 8.12. The lowest BCUT2D eigenvalue weighted by atomic mass is 10.1. The van der Waals surface area contributed by atoms with E-state index in [1.54, 1.807) is 0 Å². The van der Waals surface area contributed by atoms with Crippen LogP contribution in [-0.2, 0) is 9.53 Å². The Morgan fingerprint density at radius 1 is 1.10 bits per heavy atom. The van der Waals surface area contributed by atoms with Crippen molar-refractivity contribution in [2.24, 2.45) is 17.8 Å². The second-order valence-corrected chi connectivity index (χ2v) is 6.31. The number of rotatable bonds is 7.